The largest absolute Gasteiger partial charge is 0.497 e. The van der Waals surface area contributed by atoms with Gasteiger partial charge in [-0.3, -0.25) is 5.32 Å². The number of hydrogen-bond donors (Lipinski definition) is 2. The van der Waals surface area contributed by atoms with Crippen molar-refractivity contribution in [3.63, 3.8) is 0 Å². The maximum atomic E-state index is 14.5. The fraction of sp³-hybridized carbons (Fsp3) is 0.205. The molecule has 1 unspecified atom stereocenters. The van der Waals surface area contributed by atoms with Crippen LogP contribution in [-0.2, 0) is 36.1 Å². The minimum atomic E-state index is -4.03. The van der Waals surface area contributed by atoms with E-state index in [1.54, 1.807) is 82.1 Å². The van der Waals surface area contributed by atoms with Gasteiger partial charge in [0.1, 0.15) is 23.1 Å². The normalized spacial score (nSPS) is 11.9. The third kappa shape index (κ3) is 9.36. The monoisotopic (exact) mass is 749 g/mol. The van der Waals surface area contributed by atoms with E-state index in [9.17, 15) is 13.2 Å². The van der Waals surface area contributed by atoms with Crippen molar-refractivity contribution < 1.29 is 32.5 Å². The molecule has 1 atom stereocenters. The molecule has 2 N–H and O–H groups in total. The van der Waals surface area contributed by atoms with Gasteiger partial charge in [0.15, 0.2) is 5.82 Å². The summed E-state index contributed by atoms with van der Waals surface area (Å²) >= 11 is 0. The number of aromatic nitrogens is 5. The Bertz CT molecular complexity index is 2220. The Morgan fingerprint density at radius 1 is 0.778 bits per heavy atom. The first kappa shape index (κ1) is 37.4. The topological polar surface area (TPSA) is 171 Å². The standard InChI is InChI=1S/C39H39N7O7S/c1-51-32-14-7-27(8-15-32)24-45(25-28-9-16-33(52-2)17-10-28)54(49,50)35-6-4-5-30(21-35)22-36(31-13-20-37(40-23-31)41-39(47)48)38-42-44-46(43-38)26-29-11-18-34(53-3)19-12-29/h4-21,23,36H,22,24-26H2,1-3H3,(H,40,41)(H,47,48). The Kier molecular flexibility index (Phi) is 11.8. The molecule has 0 radical (unpaired) electrons. The second-order valence-corrected chi connectivity index (χ2v) is 14.2. The number of sulfonamides is 1. The number of anilines is 1. The van der Waals surface area contributed by atoms with Crippen molar-refractivity contribution in [2.45, 2.75) is 36.9 Å². The average Bonchev–Trinajstić information content (AvgIpc) is 3.66. The molecule has 0 bridgehead atoms. The molecule has 54 heavy (non-hydrogen) atoms. The average molecular weight is 750 g/mol. The number of ether oxygens (including phenoxy) is 3. The second kappa shape index (κ2) is 17.0. The number of methoxy groups -OCH3 is 3. The van der Waals surface area contributed by atoms with Crippen LogP contribution in [0.4, 0.5) is 10.6 Å². The van der Waals surface area contributed by atoms with Crippen LogP contribution in [0.3, 0.4) is 0 Å². The van der Waals surface area contributed by atoms with E-state index >= 15 is 0 Å². The fourth-order valence-electron chi connectivity index (χ4n) is 5.82. The van der Waals surface area contributed by atoms with E-state index in [4.69, 9.17) is 24.4 Å². The van der Waals surface area contributed by atoms with Crippen molar-refractivity contribution in [2.24, 2.45) is 0 Å². The zero-order valence-electron chi connectivity index (χ0n) is 29.9. The third-order valence-electron chi connectivity index (χ3n) is 8.70. The van der Waals surface area contributed by atoms with Gasteiger partial charge in [-0.25, -0.2) is 18.2 Å². The van der Waals surface area contributed by atoms with Gasteiger partial charge < -0.3 is 19.3 Å². The van der Waals surface area contributed by atoms with E-state index in [1.165, 1.54) is 9.10 Å². The summed E-state index contributed by atoms with van der Waals surface area (Å²) in [5.41, 5.74) is 3.91. The lowest BCUT2D eigenvalue weighted by molar-refractivity contribution is 0.209. The smallest absolute Gasteiger partial charge is 0.410 e. The number of nitrogens with one attached hydrogen (secondary N) is 1. The second-order valence-electron chi connectivity index (χ2n) is 12.3. The molecule has 2 aromatic heterocycles. The van der Waals surface area contributed by atoms with Crippen molar-refractivity contribution in [1.82, 2.24) is 29.5 Å². The van der Waals surface area contributed by atoms with Gasteiger partial charge in [0.05, 0.1) is 38.7 Å². The van der Waals surface area contributed by atoms with Crippen molar-refractivity contribution in [2.75, 3.05) is 26.6 Å². The number of hydrogen-bond acceptors (Lipinski definition) is 10. The number of pyridine rings is 1. The molecule has 0 aliphatic heterocycles. The van der Waals surface area contributed by atoms with Gasteiger partial charge >= 0.3 is 6.09 Å². The summed E-state index contributed by atoms with van der Waals surface area (Å²) in [6, 6.07) is 32.2. The van der Waals surface area contributed by atoms with Gasteiger partial charge in [-0.15, -0.1) is 10.2 Å². The lowest BCUT2D eigenvalue weighted by Gasteiger charge is -2.23. The Labute approximate surface area is 313 Å². The summed E-state index contributed by atoms with van der Waals surface area (Å²) < 4.78 is 46.3. The molecule has 6 rings (SSSR count). The number of carboxylic acid groups (broad SMARTS) is 1. The van der Waals surface area contributed by atoms with Gasteiger partial charge in [-0.05, 0) is 94.0 Å². The molecule has 0 fully saturated rings. The fourth-order valence-corrected chi connectivity index (χ4v) is 7.31. The number of carbonyl (C=O) groups is 1. The van der Waals surface area contributed by atoms with E-state index in [-0.39, 0.29) is 23.8 Å². The third-order valence-corrected chi connectivity index (χ3v) is 10.5. The highest BCUT2D eigenvalue weighted by Gasteiger charge is 2.27. The van der Waals surface area contributed by atoms with E-state index in [2.05, 4.69) is 20.6 Å². The quantitative estimate of drug-likeness (QED) is 0.119. The molecule has 0 saturated carbocycles. The summed E-state index contributed by atoms with van der Waals surface area (Å²) in [5, 5.41) is 24.8. The molecular formula is C39H39N7O7S. The van der Waals surface area contributed by atoms with Crippen LogP contribution in [0.25, 0.3) is 0 Å². The molecule has 4 aromatic carbocycles. The molecule has 2 heterocycles. The molecule has 14 nitrogen and oxygen atoms in total. The van der Waals surface area contributed by atoms with Crippen molar-refractivity contribution in [3.05, 3.63) is 149 Å². The highest BCUT2D eigenvalue weighted by molar-refractivity contribution is 7.89. The zero-order chi connectivity index (χ0) is 38.1. The summed E-state index contributed by atoms with van der Waals surface area (Å²) in [4.78, 5) is 17.1. The van der Waals surface area contributed by atoms with Gasteiger partial charge in [0, 0.05) is 19.3 Å². The highest BCUT2D eigenvalue weighted by atomic mass is 32.2. The van der Waals surface area contributed by atoms with Crippen LogP contribution in [0.2, 0.25) is 0 Å². The molecule has 0 spiro atoms. The van der Waals surface area contributed by atoms with Crippen LogP contribution in [0, 0.1) is 0 Å². The Balaban J connectivity index is 1.31. The maximum absolute atomic E-state index is 14.5. The number of rotatable bonds is 16. The highest BCUT2D eigenvalue weighted by Crippen LogP contribution is 2.29. The summed E-state index contributed by atoms with van der Waals surface area (Å²) in [6.07, 6.45) is 0.606. The molecule has 15 heteroatoms. The molecule has 6 aromatic rings. The molecule has 1 amide bonds. The van der Waals surface area contributed by atoms with Gasteiger partial charge in [0.25, 0.3) is 0 Å². The van der Waals surface area contributed by atoms with E-state index in [0.29, 0.717) is 41.4 Å². The molecule has 0 saturated heterocycles. The predicted molar refractivity (Wildman–Crippen MR) is 200 cm³/mol. The van der Waals surface area contributed by atoms with Crippen molar-refractivity contribution >= 4 is 21.9 Å². The zero-order valence-corrected chi connectivity index (χ0v) is 30.7. The number of nitrogens with zero attached hydrogens (tertiary/aromatic N) is 6. The van der Waals surface area contributed by atoms with E-state index in [0.717, 1.165) is 22.4 Å². The van der Waals surface area contributed by atoms with Crippen LogP contribution >= 0.6 is 0 Å². The van der Waals surface area contributed by atoms with Gasteiger partial charge in [0.2, 0.25) is 10.0 Å². The predicted octanol–water partition coefficient (Wildman–Crippen LogP) is 6.00. The summed E-state index contributed by atoms with van der Waals surface area (Å²) in [6.45, 7) is 0.596. The first-order valence-electron chi connectivity index (χ1n) is 16.8. The molecule has 278 valence electrons. The lowest BCUT2D eigenvalue weighted by atomic mass is 9.92. The Hall–Kier alpha value is -6.32. The molecule has 0 aliphatic rings. The summed E-state index contributed by atoms with van der Waals surface area (Å²) in [7, 11) is 0.730. The van der Waals surface area contributed by atoms with E-state index < -0.39 is 22.0 Å². The lowest BCUT2D eigenvalue weighted by Crippen LogP contribution is -2.30. The number of tetrazole rings is 1. The van der Waals surface area contributed by atoms with Crippen molar-refractivity contribution in [3.8, 4) is 17.2 Å². The van der Waals surface area contributed by atoms with Gasteiger partial charge in [-0.1, -0.05) is 54.6 Å². The van der Waals surface area contributed by atoms with Crippen LogP contribution in [0.5, 0.6) is 17.2 Å². The first-order chi connectivity index (χ1) is 26.1. The van der Waals surface area contributed by atoms with E-state index in [1.807, 2.05) is 54.6 Å². The van der Waals surface area contributed by atoms with Crippen LogP contribution in [0.1, 0.15) is 39.6 Å². The Morgan fingerprint density at radius 3 is 1.87 bits per heavy atom. The minimum Gasteiger partial charge on any atom is -0.497 e. The number of benzene rings is 4. The van der Waals surface area contributed by atoms with Crippen LogP contribution in [0.15, 0.2) is 120 Å². The van der Waals surface area contributed by atoms with Crippen LogP contribution < -0.4 is 19.5 Å². The maximum Gasteiger partial charge on any atom is 0.410 e. The minimum absolute atomic E-state index is 0.120. The molecule has 0 aliphatic carbocycles. The first-order valence-corrected chi connectivity index (χ1v) is 18.3. The van der Waals surface area contributed by atoms with Crippen LogP contribution in [-0.4, -0.2) is 70.4 Å². The number of amides is 1. The van der Waals surface area contributed by atoms with Crippen molar-refractivity contribution in [1.29, 1.82) is 0 Å². The van der Waals surface area contributed by atoms with Gasteiger partial charge in [-0.2, -0.15) is 9.10 Å². The SMILES string of the molecule is COc1ccc(CN(Cc2ccc(OC)cc2)S(=O)(=O)c2cccc(CC(c3ccc(NC(=O)O)nc3)c3nnn(Cc4ccc(OC)cc4)n3)c2)cc1. The summed E-state index contributed by atoms with van der Waals surface area (Å²) in [5.74, 6) is 2.11. The Morgan fingerprint density at radius 2 is 1.35 bits per heavy atom. The molecular weight excluding hydrogens is 711 g/mol.